The highest BCUT2D eigenvalue weighted by Gasteiger charge is 2.29. The summed E-state index contributed by atoms with van der Waals surface area (Å²) in [7, 11) is 0. The lowest BCUT2D eigenvalue weighted by molar-refractivity contribution is -0.143. The second kappa shape index (κ2) is 13.4. The number of nitrogens with zero attached hydrogens (tertiary/aromatic N) is 1. The molecular formula is C20H35N7O5. The van der Waals surface area contributed by atoms with Crippen molar-refractivity contribution in [2.75, 3.05) is 6.54 Å². The summed E-state index contributed by atoms with van der Waals surface area (Å²) < 4.78 is 0. The molecule has 3 amide bonds. The Morgan fingerprint density at radius 3 is 2.28 bits per heavy atom. The molecule has 0 aliphatic rings. The van der Waals surface area contributed by atoms with Gasteiger partial charge in [0.05, 0.1) is 12.4 Å². The third kappa shape index (κ3) is 9.02. The van der Waals surface area contributed by atoms with Crippen molar-refractivity contribution in [1.29, 1.82) is 0 Å². The molecule has 1 aromatic rings. The van der Waals surface area contributed by atoms with Crippen LogP contribution in [0, 0.1) is 5.92 Å². The molecule has 180 valence electrons. The topological polar surface area (TPSA) is 205 Å². The minimum atomic E-state index is -1.16. The van der Waals surface area contributed by atoms with E-state index in [0.29, 0.717) is 25.1 Å². The van der Waals surface area contributed by atoms with E-state index in [1.165, 1.54) is 13.3 Å². The molecule has 32 heavy (non-hydrogen) atoms. The van der Waals surface area contributed by atoms with E-state index in [4.69, 9.17) is 11.5 Å². The number of unbranched alkanes of at least 4 members (excludes halogenated alkanes) is 1. The Morgan fingerprint density at radius 1 is 1.06 bits per heavy atom. The fourth-order valence-electron chi connectivity index (χ4n) is 2.94. The maximum absolute atomic E-state index is 12.7. The number of aromatic amines is 1. The molecule has 0 fully saturated rings. The minimum absolute atomic E-state index is 0.218. The summed E-state index contributed by atoms with van der Waals surface area (Å²) >= 11 is 0. The van der Waals surface area contributed by atoms with Gasteiger partial charge < -0.3 is 37.5 Å². The molecule has 0 aliphatic carbocycles. The Hall–Kier alpha value is -2.99. The molecular weight excluding hydrogens is 418 g/mol. The van der Waals surface area contributed by atoms with Gasteiger partial charge in [0, 0.05) is 18.3 Å². The second-order valence-electron chi connectivity index (χ2n) is 8.03. The Bertz CT molecular complexity index is 754. The number of hydrogen-bond donors (Lipinski definition) is 7. The van der Waals surface area contributed by atoms with E-state index in [2.05, 4.69) is 25.9 Å². The predicted molar refractivity (Wildman–Crippen MR) is 117 cm³/mol. The molecule has 0 aromatic carbocycles. The molecule has 12 heteroatoms. The van der Waals surface area contributed by atoms with E-state index in [-0.39, 0.29) is 18.8 Å². The summed E-state index contributed by atoms with van der Waals surface area (Å²) in [4.78, 5) is 55.7. The molecule has 12 nitrogen and oxygen atoms in total. The van der Waals surface area contributed by atoms with Crippen LogP contribution in [0.5, 0.6) is 0 Å². The van der Waals surface area contributed by atoms with Crippen LogP contribution in [0.15, 0.2) is 12.5 Å². The first-order valence-electron chi connectivity index (χ1n) is 10.6. The maximum Gasteiger partial charge on any atom is 0.326 e. The molecule has 0 radical (unpaired) electrons. The normalized spacial score (nSPS) is 14.8. The molecule has 4 atom stereocenters. The number of nitrogens with one attached hydrogen (secondary N) is 4. The molecule has 0 saturated heterocycles. The molecule has 4 unspecified atom stereocenters. The van der Waals surface area contributed by atoms with Gasteiger partial charge in [0.15, 0.2) is 0 Å². The average Bonchev–Trinajstić information content (AvgIpc) is 3.23. The molecule has 0 bridgehead atoms. The highest BCUT2D eigenvalue weighted by Crippen LogP contribution is 2.06. The van der Waals surface area contributed by atoms with Gasteiger partial charge in [-0.05, 0) is 38.6 Å². The summed E-state index contributed by atoms with van der Waals surface area (Å²) in [5, 5.41) is 16.9. The van der Waals surface area contributed by atoms with Crippen LogP contribution in [0.2, 0.25) is 0 Å². The van der Waals surface area contributed by atoms with Gasteiger partial charge in [-0.3, -0.25) is 14.4 Å². The zero-order valence-corrected chi connectivity index (χ0v) is 18.8. The third-order valence-electron chi connectivity index (χ3n) is 4.89. The first kappa shape index (κ1) is 27.0. The smallest absolute Gasteiger partial charge is 0.326 e. The van der Waals surface area contributed by atoms with E-state index in [0.717, 1.165) is 0 Å². The molecule has 0 aliphatic heterocycles. The third-order valence-corrected chi connectivity index (χ3v) is 4.89. The number of carbonyl (C=O) groups is 4. The van der Waals surface area contributed by atoms with E-state index in [1.807, 2.05) is 0 Å². The molecule has 9 N–H and O–H groups in total. The summed E-state index contributed by atoms with van der Waals surface area (Å²) in [5.74, 6) is -3.22. The Kier molecular flexibility index (Phi) is 11.3. The van der Waals surface area contributed by atoms with Crippen molar-refractivity contribution in [1.82, 2.24) is 25.9 Å². The predicted octanol–water partition coefficient (Wildman–Crippen LogP) is -1.38. The van der Waals surface area contributed by atoms with Gasteiger partial charge in [0.1, 0.15) is 18.1 Å². The van der Waals surface area contributed by atoms with Crippen LogP contribution in [0.25, 0.3) is 0 Å². The van der Waals surface area contributed by atoms with E-state index < -0.39 is 47.9 Å². The summed E-state index contributed by atoms with van der Waals surface area (Å²) in [6, 6.07) is -3.90. The van der Waals surface area contributed by atoms with E-state index in [1.54, 1.807) is 20.0 Å². The summed E-state index contributed by atoms with van der Waals surface area (Å²) in [5.41, 5.74) is 12.1. The van der Waals surface area contributed by atoms with Crippen molar-refractivity contribution >= 4 is 23.7 Å². The number of carboxylic acid groups (broad SMARTS) is 1. The van der Waals surface area contributed by atoms with Gasteiger partial charge in [-0.15, -0.1) is 0 Å². The Morgan fingerprint density at radius 2 is 1.75 bits per heavy atom. The first-order valence-corrected chi connectivity index (χ1v) is 10.6. The second-order valence-corrected chi connectivity index (χ2v) is 8.03. The highest BCUT2D eigenvalue weighted by molar-refractivity contribution is 5.93. The lowest BCUT2D eigenvalue weighted by Crippen LogP contribution is -2.57. The summed E-state index contributed by atoms with van der Waals surface area (Å²) in [6.07, 6.45) is 4.72. The van der Waals surface area contributed by atoms with Gasteiger partial charge in [0.25, 0.3) is 0 Å². The number of nitrogens with two attached hydrogens (primary N) is 2. The van der Waals surface area contributed by atoms with Crippen molar-refractivity contribution in [3.05, 3.63) is 18.2 Å². The highest BCUT2D eigenvalue weighted by atomic mass is 16.4. The first-order chi connectivity index (χ1) is 15.1. The fraction of sp³-hybridized carbons (Fsp3) is 0.650. The molecule has 0 saturated carbocycles. The minimum Gasteiger partial charge on any atom is -0.480 e. The van der Waals surface area contributed by atoms with Crippen LogP contribution in [0.1, 0.15) is 45.7 Å². The van der Waals surface area contributed by atoms with Crippen molar-refractivity contribution < 1.29 is 24.3 Å². The van der Waals surface area contributed by atoms with Crippen LogP contribution in [-0.4, -0.2) is 69.5 Å². The number of H-pyrrole nitrogens is 1. The van der Waals surface area contributed by atoms with Crippen molar-refractivity contribution in [3.8, 4) is 0 Å². The van der Waals surface area contributed by atoms with Crippen molar-refractivity contribution in [3.63, 3.8) is 0 Å². The maximum atomic E-state index is 12.7. The number of hydrogen-bond acceptors (Lipinski definition) is 7. The van der Waals surface area contributed by atoms with Crippen LogP contribution in [-0.2, 0) is 25.6 Å². The van der Waals surface area contributed by atoms with Gasteiger partial charge in [-0.1, -0.05) is 13.8 Å². The van der Waals surface area contributed by atoms with Gasteiger partial charge in [0.2, 0.25) is 17.7 Å². The van der Waals surface area contributed by atoms with Gasteiger partial charge >= 0.3 is 5.97 Å². The zero-order chi connectivity index (χ0) is 24.3. The van der Waals surface area contributed by atoms with Gasteiger partial charge in [-0.2, -0.15) is 0 Å². The van der Waals surface area contributed by atoms with Crippen LogP contribution in [0.4, 0.5) is 0 Å². The number of carboxylic acids is 1. The lowest BCUT2D eigenvalue weighted by atomic mass is 10.0. The van der Waals surface area contributed by atoms with E-state index >= 15 is 0 Å². The largest absolute Gasteiger partial charge is 0.480 e. The Balaban J connectivity index is 2.73. The quantitative estimate of drug-likeness (QED) is 0.167. The van der Waals surface area contributed by atoms with Crippen LogP contribution >= 0.6 is 0 Å². The number of rotatable bonds is 14. The Labute approximate surface area is 187 Å². The average molecular weight is 454 g/mol. The number of aliphatic carboxylic acids is 1. The molecule has 1 heterocycles. The fourth-order valence-corrected chi connectivity index (χ4v) is 2.94. The standard InChI is InChI=1S/C20H35N7O5/c1-11(2)16(20(31)32)27-19(30)15(6-4-5-7-21)26-17(28)12(3)25-18(29)14(22)8-13-9-23-10-24-13/h9-12,14-16H,4-8,21-22H2,1-3H3,(H,23,24)(H,25,29)(H,26,28)(H,27,30)(H,31,32). The van der Waals surface area contributed by atoms with Crippen LogP contribution < -0.4 is 27.4 Å². The SMILES string of the molecule is CC(NC(=O)C(N)Cc1cnc[nH]1)C(=O)NC(CCCCN)C(=O)NC(C(=O)O)C(C)C. The number of aromatic nitrogens is 2. The summed E-state index contributed by atoms with van der Waals surface area (Å²) in [6.45, 7) is 5.24. The van der Waals surface area contributed by atoms with Crippen LogP contribution in [0.3, 0.4) is 0 Å². The number of amides is 3. The van der Waals surface area contributed by atoms with E-state index in [9.17, 15) is 24.3 Å². The zero-order valence-electron chi connectivity index (χ0n) is 18.8. The number of carbonyl (C=O) groups excluding carboxylic acids is 3. The molecule has 1 aromatic heterocycles. The van der Waals surface area contributed by atoms with Crippen molar-refractivity contribution in [2.24, 2.45) is 17.4 Å². The van der Waals surface area contributed by atoms with Crippen molar-refractivity contribution in [2.45, 2.75) is 70.6 Å². The molecule has 0 spiro atoms. The number of imidazole rings is 1. The molecule has 1 rings (SSSR count). The monoisotopic (exact) mass is 453 g/mol. The lowest BCUT2D eigenvalue weighted by Gasteiger charge is -2.25. The van der Waals surface area contributed by atoms with Gasteiger partial charge in [-0.25, -0.2) is 9.78 Å².